The average molecular weight is 232 g/mol. The van der Waals surface area contributed by atoms with Gasteiger partial charge in [-0.25, -0.2) is 9.59 Å². The van der Waals surface area contributed by atoms with Crippen LogP contribution in [0.25, 0.3) is 11.3 Å². The van der Waals surface area contributed by atoms with E-state index in [4.69, 9.17) is 9.52 Å². The molecule has 1 aromatic carbocycles. The Morgan fingerprint density at radius 3 is 2.47 bits per heavy atom. The molecular formula is C12H8O5. The SMILES string of the molecule is O=C(O)c1cccc(-c2cccc(=O)o2)c1O. The summed E-state index contributed by atoms with van der Waals surface area (Å²) in [5.74, 6) is -1.55. The van der Waals surface area contributed by atoms with Gasteiger partial charge in [-0.15, -0.1) is 0 Å². The van der Waals surface area contributed by atoms with Gasteiger partial charge >= 0.3 is 11.6 Å². The van der Waals surface area contributed by atoms with Crippen LogP contribution in [-0.2, 0) is 0 Å². The third kappa shape index (κ3) is 2.03. The summed E-state index contributed by atoms with van der Waals surface area (Å²) < 4.78 is 4.87. The van der Waals surface area contributed by atoms with Crippen LogP contribution in [-0.4, -0.2) is 16.2 Å². The Morgan fingerprint density at radius 2 is 1.82 bits per heavy atom. The number of carbonyl (C=O) groups is 1. The van der Waals surface area contributed by atoms with Crippen molar-refractivity contribution in [2.45, 2.75) is 0 Å². The van der Waals surface area contributed by atoms with Gasteiger partial charge in [0, 0.05) is 6.07 Å². The number of para-hydroxylation sites is 1. The van der Waals surface area contributed by atoms with E-state index in [0.717, 1.165) is 0 Å². The van der Waals surface area contributed by atoms with E-state index >= 15 is 0 Å². The van der Waals surface area contributed by atoms with E-state index in [1.807, 2.05) is 0 Å². The summed E-state index contributed by atoms with van der Waals surface area (Å²) in [5.41, 5.74) is -0.640. The Morgan fingerprint density at radius 1 is 1.12 bits per heavy atom. The van der Waals surface area contributed by atoms with Gasteiger partial charge in [0.25, 0.3) is 0 Å². The second-order valence-electron chi connectivity index (χ2n) is 3.32. The predicted octanol–water partition coefficient (Wildman–Crippen LogP) is 1.71. The summed E-state index contributed by atoms with van der Waals surface area (Å²) >= 11 is 0. The number of carboxylic acids is 1. The fourth-order valence-electron chi connectivity index (χ4n) is 1.45. The molecule has 0 fully saturated rings. The molecule has 2 rings (SSSR count). The molecule has 86 valence electrons. The smallest absolute Gasteiger partial charge is 0.339 e. The molecule has 5 heteroatoms. The fraction of sp³-hybridized carbons (Fsp3) is 0. The lowest BCUT2D eigenvalue weighted by Gasteiger charge is -2.05. The summed E-state index contributed by atoms with van der Waals surface area (Å²) in [5, 5.41) is 18.6. The largest absolute Gasteiger partial charge is 0.506 e. The van der Waals surface area contributed by atoms with Crippen LogP contribution >= 0.6 is 0 Å². The van der Waals surface area contributed by atoms with Gasteiger partial charge < -0.3 is 14.6 Å². The number of aromatic hydroxyl groups is 1. The van der Waals surface area contributed by atoms with Crippen molar-refractivity contribution in [3.63, 3.8) is 0 Å². The lowest BCUT2D eigenvalue weighted by molar-refractivity contribution is 0.0694. The molecule has 0 spiro atoms. The van der Waals surface area contributed by atoms with Crippen LogP contribution in [0.15, 0.2) is 45.6 Å². The van der Waals surface area contributed by atoms with E-state index in [-0.39, 0.29) is 16.9 Å². The van der Waals surface area contributed by atoms with Crippen molar-refractivity contribution in [1.29, 1.82) is 0 Å². The molecule has 0 atom stereocenters. The summed E-state index contributed by atoms with van der Waals surface area (Å²) in [6.07, 6.45) is 0. The molecule has 0 bridgehead atoms. The number of phenols is 1. The molecule has 2 aromatic rings. The molecule has 5 nitrogen and oxygen atoms in total. The van der Waals surface area contributed by atoms with Crippen LogP contribution in [0.1, 0.15) is 10.4 Å². The first-order valence-corrected chi connectivity index (χ1v) is 4.75. The molecule has 0 amide bonds. The van der Waals surface area contributed by atoms with Gasteiger partial charge in [0.05, 0.1) is 5.56 Å². The standard InChI is InChI=1S/C12H8O5/c13-10-6-2-5-9(17-10)7-3-1-4-8(11(7)14)12(15)16/h1-6,14H,(H,15,16). The van der Waals surface area contributed by atoms with Crippen LogP contribution in [0.2, 0.25) is 0 Å². The first-order chi connectivity index (χ1) is 8.09. The molecule has 0 radical (unpaired) electrons. The maximum absolute atomic E-state index is 11.0. The predicted molar refractivity (Wildman–Crippen MR) is 59.0 cm³/mol. The number of rotatable bonds is 2. The van der Waals surface area contributed by atoms with Crippen molar-refractivity contribution in [3.8, 4) is 17.1 Å². The topological polar surface area (TPSA) is 87.7 Å². The number of carboxylic acid groups (broad SMARTS) is 1. The second kappa shape index (κ2) is 4.13. The Hall–Kier alpha value is -2.56. The number of hydrogen-bond acceptors (Lipinski definition) is 4. The average Bonchev–Trinajstić information content (AvgIpc) is 2.29. The highest BCUT2D eigenvalue weighted by Gasteiger charge is 2.15. The summed E-state index contributed by atoms with van der Waals surface area (Å²) in [6, 6.07) is 8.37. The zero-order valence-electron chi connectivity index (χ0n) is 8.58. The van der Waals surface area contributed by atoms with E-state index in [0.29, 0.717) is 0 Å². The van der Waals surface area contributed by atoms with Crippen molar-refractivity contribution in [3.05, 3.63) is 52.4 Å². The minimum atomic E-state index is -1.25. The first-order valence-electron chi connectivity index (χ1n) is 4.75. The lowest BCUT2D eigenvalue weighted by Crippen LogP contribution is -1.99. The highest BCUT2D eigenvalue weighted by molar-refractivity contribution is 5.93. The maximum Gasteiger partial charge on any atom is 0.339 e. The quantitative estimate of drug-likeness (QED) is 0.822. The lowest BCUT2D eigenvalue weighted by atomic mass is 10.1. The molecular weight excluding hydrogens is 224 g/mol. The number of aromatic carboxylic acids is 1. The van der Waals surface area contributed by atoms with Crippen LogP contribution < -0.4 is 5.63 Å². The summed E-state index contributed by atoms with van der Waals surface area (Å²) in [7, 11) is 0. The third-order valence-electron chi connectivity index (χ3n) is 2.22. The summed E-state index contributed by atoms with van der Waals surface area (Å²) in [4.78, 5) is 21.8. The molecule has 0 unspecified atom stereocenters. The van der Waals surface area contributed by atoms with Crippen molar-refractivity contribution in [2.24, 2.45) is 0 Å². The van der Waals surface area contributed by atoms with Crippen molar-refractivity contribution in [1.82, 2.24) is 0 Å². The zero-order chi connectivity index (χ0) is 12.4. The first kappa shape index (κ1) is 10.9. The van der Waals surface area contributed by atoms with Gasteiger partial charge in [-0.05, 0) is 18.2 Å². The Kier molecular flexibility index (Phi) is 2.66. The van der Waals surface area contributed by atoms with E-state index in [1.165, 1.54) is 36.4 Å². The zero-order valence-corrected chi connectivity index (χ0v) is 8.58. The van der Waals surface area contributed by atoms with E-state index < -0.39 is 17.3 Å². The number of hydrogen-bond donors (Lipinski definition) is 2. The van der Waals surface area contributed by atoms with Crippen LogP contribution in [0, 0.1) is 0 Å². The highest BCUT2D eigenvalue weighted by atomic mass is 16.4. The summed E-state index contributed by atoms with van der Waals surface area (Å²) in [6.45, 7) is 0. The van der Waals surface area contributed by atoms with Gasteiger partial charge in [-0.3, -0.25) is 0 Å². The molecule has 0 saturated carbocycles. The monoisotopic (exact) mass is 232 g/mol. The molecule has 0 aliphatic rings. The molecule has 0 aliphatic heterocycles. The highest BCUT2D eigenvalue weighted by Crippen LogP contribution is 2.31. The van der Waals surface area contributed by atoms with Crippen molar-refractivity contribution < 1.29 is 19.4 Å². The fourth-order valence-corrected chi connectivity index (χ4v) is 1.45. The number of benzene rings is 1. The minimum Gasteiger partial charge on any atom is -0.506 e. The molecule has 0 saturated heterocycles. The normalized spacial score (nSPS) is 10.1. The minimum absolute atomic E-state index is 0.123. The Bertz CT molecular complexity index is 627. The van der Waals surface area contributed by atoms with E-state index in [1.54, 1.807) is 0 Å². The van der Waals surface area contributed by atoms with Crippen molar-refractivity contribution >= 4 is 5.97 Å². The molecule has 1 aromatic heterocycles. The van der Waals surface area contributed by atoms with Gasteiger partial charge in [-0.2, -0.15) is 0 Å². The van der Waals surface area contributed by atoms with Gasteiger partial charge in [0.15, 0.2) is 0 Å². The van der Waals surface area contributed by atoms with Gasteiger partial charge in [-0.1, -0.05) is 12.1 Å². The maximum atomic E-state index is 11.0. The Balaban J connectivity index is 2.64. The van der Waals surface area contributed by atoms with Crippen LogP contribution in [0.5, 0.6) is 5.75 Å². The molecule has 0 aliphatic carbocycles. The van der Waals surface area contributed by atoms with Gasteiger partial charge in [0.2, 0.25) is 0 Å². The van der Waals surface area contributed by atoms with Crippen LogP contribution in [0.3, 0.4) is 0 Å². The molecule has 1 heterocycles. The second-order valence-corrected chi connectivity index (χ2v) is 3.32. The molecule has 2 N–H and O–H groups in total. The molecule has 17 heavy (non-hydrogen) atoms. The van der Waals surface area contributed by atoms with Crippen molar-refractivity contribution in [2.75, 3.05) is 0 Å². The third-order valence-corrected chi connectivity index (χ3v) is 2.22. The van der Waals surface area contributed by atoms with E-state index in [9.17, 15) is 14.7 Å². The van der Waals surface area contributed by atoms with Gasteiger partial charge in [0.1, 0.15) is 17.1 Å². The van der Waals surface area contributed by atoms with Crippen LogP contribution in [0.4, 0.5) is 0 Å². The van der Waals surface area contributed by atoms with E-state index in [2.05, 4.69) is 0 Å². The Labute approximate surface area is 95.6 Å².